The Kier molecular flexibility index (Phi) is 4.15. The Morgan fingerprint density at radius 1 is 1.29 bits per heavy atom. The molecule has 0 saturated carbocycles. The number of halogens is 2. The van der Waals surface area contributed by atoms with Gasteiger partial charge in [-0.25, -0.2) is 4.39 Å². The van der Waals surface area contributed by atoms with Crippen LogP contribution < -0.4 is 5.73 Å². The van der Waals surface area contributed by atoms with Crippen molar-refractivity contribution in [3.8, 4) is 0 Å². The molecule has 4 heteroatoms. The Hall–Kier alpha value is -0.900. The van der Waals surface area contributed by atoms with E-state index in [4.69, 9.17) is 17.3 Å². The topological polar surface area (TPSA) is 26.0 Å². The summed E-state index contributed by atoms with van der Waals surface area (Å²) in [5, 5.41) is 2.20. The number of rotatable bonds is 4. The van der Waals surface area contributed by atoms with Gasteiger partial charge in [-0.05, 0) is 42.0 Å². The van der Waals surface area contributed by atoms with Gasteiger partial charge in [0, 0.05) is 10.9 Å². The summed E-state index contributed by atoms with van der Waals surface area (Å²) in [6, 6.07) is 8.88. The molecular formula is C13H13ClFNS. The molecule has 0 aliphatic carbocycles. The number of hydrogen-bond acceptors (Lipinski definition) is 2. The fourth-order valence-corrected chi connectivity index (χ4v) is 2.73. The van der Waals surface area contributed by atoms with E-state index in [0.29, 0.717) is 6.42 Å². The first-order valence-electron chi connectivity index (χ1n) is 5.37. The molecule has 0 aliphatic rings. The highest BCUT2D eigenvalue weighted by molar-refractivity contribution is 7.09. The molecule has 1 aromatic carbocycles. The minimum atomic E-state index is -0.387. The number of nitrogens with two attached hydrogens (primary N) is 1. The van der Waals surface area contributed by atoms with Crippen LogP contribution in [0.4, 0.5) is 4.39 Å². The van der Waals surface area contributed by atoms with E-state index in [2.05, 4.69) is 6.07 Å². The van der Waals surface area contributed by atoms with Gasteiger partial charge in [-0.3, -0.25) is 0 Å². The molecule has 1 unspecified atom stereocenters. The lowest BCUT2D eigenvalue weighted by molar-refractivity contribution is 0.624. The van der Waals surface area contributed by atoms with Crippen LogP contribution in [0.15, 0.2) is 35.7 Å². The molecule has 1 aromatic heterocycles. The van der Waals surface area contributed by atoms with Crippen LogP contribution in [0.1, 0.15) is 10.4 Å². The van der Waals surface area contributed by atoms with E-state index in [-0.39, 0.29) is 16.9 Å². The average molecular weight is 270 g/mol. The molecule has 0 saturated heterocycles. The normalized spacial score (nSPS) is 12.6. The van der Waals surface area contributed by atoms with Crippen molar-refractivity contribution in [2.75, 3.05) is 0 Å². The van der Waals surface area contributed by atoms with Crippen molar-refractivity contribution in [3.63, 3.8) is 0 Å². The Morgan fingerprint density at radius 2 is 2.12 bits per heavy atom. The van der Waals surface area contributed by atoms with Crippen molar-refractivity contribution in [2.45, 2.75) is 18.9 Å². The highest BCUT2D eigenvalue weighted by atomic mass is 35.5. The first kappa shape index (κ1) is 12.6. The summed E-state index contributed by atoms with van der Waals surface area (Å²) < 4.78 is 13.0. The molecule has 0 fully saturated rings. The summed E-state index contributed by atoms with van der Waals surface area (Å²) >= 11 is 7.43. The van der Waals surface area contributed by atoms with Crippen molar-refractivity contribution in [1.29, 1.82) is 0 Å². The monoisotopic (exact) mass is 269 g/mol. The summed E-state index contributed by atoms with van der Waals surface area (Å²) in [5.41, 5.74) is 7.03. The molecule has 0 aliphatic heterocycles. The fourth-order valence-electron chi connectivity index (χ4n) is 1.73. The van der Waals surface area contributed by atoms with Gasteiger partial charge < -0.3 is 5.73 Å². The van der Waals surface area contributed by atoms with Gasteiger partial charge in [-0.15, -0.1) is 11.3 Å². The molecule has 2 aromatic rings. The first-order valence-corrected chi connectivity index (χ1v) is 6.63. The van der Waals surface area contributed by atoms with E-state index in [0.717, 1.165) is 12.0 Å². The third-order valence-electron chi connectivity index (χ3n) is 2.53. The standard InChI is InChI=1S/C13H13ClFNS/c14-12-7-9(3-4-13(12)15)6-10(16)8-11-2-1-5-17-11/h1-5,7,10H,6,8,16H2. The molecule has 90 valence electrons. The van der Waals surface area contributed by atoms with Crippen LogP contribution in [0.3, 0.4) is 0 Å². The molecule has 1 atom stereocenters. The van der Waals surface area contributed by atoms with E-state index >= 15 is 0 Å². The van der Waals surface area contributed by atoms with Gasteiger partial charge in [0.1, 0.15) is 5.82 Å². The van der Waals surface area contributed by atoms with E-state index in [9.17, 15) is 4.39 Å². The second-order valence-electron chi connectivity index (χ2n) is 4.00. The summed E-state index contributed by atoms with van der Waals surface area (Å²) in [7, 11) is 0. The molecule has 1 nitrogen and oxygen atoms in total. The van der Waals surface area contributed by atoms with E-state index in [1.807, 2.05) is 11.4 Å². The van der Waals surface area contributed by atoms with Gasteiger partial charge >= 0.3 is 0 Å². The maximum Gasteiger partial charge on any atom is 0.141 e. The first-order chi connectivity index (χ1) is 8.15. The predicted molar refractivity (Wildman–Crippen MR) is 71.1 cm³/mol. The molecule has 17 heavy (non-hydrogen) atoms. The van der Waals surface area contributed by atoms with Crippen molar-refractivity contribution in [2.24, 2.45) is 5.73 Å². The lowest BCUT2D eigenvalue weighted by Crippen LogP contribution is -2.25. The fraction of sp³-hybridized carbons (Fsp3) is 0.231. The minimum Gasteiger partial charge on any atom is -0.327 e. The van der Waals surface area contributed by atoms with Crippen molar-refractivity contribution in [1.82, 2.24) is 0 Å². The van der Waals surface area contributed by atoms with Gasteiger partial charge in [0.15, 0.2) is 0 Å². The van der Waals surface area contributed by atoms with Crippen LogP contribution in [-0.2, 0) is 12.8 Å². The summed E-state index contributed by atoms with van der Waals surface area (Å²) in [4.78, 5) is 1.27. The van der Waals surface area contributed by atoms with Gasteiger partial charge in [0.2, 0.25) is 0 Å². The van der Waals surface area contributed by atoms with Gasteiger partial charge in [-0.2, -0.15) is 0 Å². The molecule has 1 heterocycles. The zero-order chi connectivity index (χ0) is 12.3. The molecule has 0 radical (unpaired) electrons. The summed E-state index contributed by atoms with van der Waals surface area (Å²) in [6.45, 7) is 0. The molecule has 0 bridgehead atoms. The maximum absolute atomic E-state index is 13.0. The number of thiophene rings is 1. The Balaban J connectivity index is 1.98. The van der Waals surface area contributed by atoms with E-state index in [1.165, 1.54) is 10.9 Å². The predicted octanol–water partition coefficient (Wildman–Crippen LogP) is 3.65. The van der Waals surface area contributed by atoms with Gasteiger partial charge in [0.05, 0.1) is 5.02 Å². The maximum atomic E-state index is 13.0. The highest BCUT2D eigenvalue weighted by Gasteiger charge is 2.08. The Labute approximate surface area is 109 Å². The minimum absolute atomic E-state index is 0.0372. The summed E-state index contributed by atoms with van der Waals surface area (Å²) in [6.07, 6.45) is 1.55. The third kappa shape index (κ3) is 3.53. The lowest BCUT2D eigenvalue weighted by atomic mass is 10.0. The zero-order valence-corrected chi connectivity index (χ0v) is 10.8. The molecule has 0 amide bonds. The van der Waals surface area contributed by atoms with Crippen LogP contribution >= 0.6 is 22.9 Å². The molecule has 2 rings (SSSR count). The molecule has 2 N–H and O–H groups in total. The van der Waals surface area contributed by atoms with Crippen LogP contribution in [0.25, 0.3) is 0 Å². The highest BCUT2D eigenvalue weighted by Crippen LogP contribution is 2.18. The Morgan fingerprint density at radius 3 is 2.76 bits per heavy atom. The van der Waals surface area contributed by atoms with Crippen molar-refractivity contribution in [3.05, 3.63) is 57.0 Å². The van der Waals surface area contributed by atoms with Gasteiger partial charge in [0.25, 0.3) is 0 Å². The average Bonchev–Trinajstić information content (AvgIpc) is 2.76. The van der Waals surface area contributed by atoms with Gasteiger partial charge in [-0.1, -0.05) is 23.7 Å². The number of hydrogen-bond donors (Lipinski definition) is 1. The van der Waals surface area contributed by atoms with E-state index in [1.54, 1.807) is 23.5 Å². The molecule has 0 spiro atoms. The van der Waals surface area contributed by atoms with Crippen LogP contribution in [0.2, 0.25) is 5.02 Å². The van der Waals surface area contributed by atoms with E-state index < -0.39 is 0 Å². The largest absolute Gasteiger partial charge is 0.327 e. The smallest absolute Gasteiger partial charge is 0.141 e. The SMILES string of the molecule is NC(Cc1ccc(F)c(Cl)c1)Cc1cccs1. The van der Waals surface area contributed by atoms with Crippen LogP contribution in [0, 0.1) is 5.82 Å². The second-order valence-corrected chi connectivity index (χ2v) is 5.44. The summed E-state index contributed by atoms with van der Waals surface area (Å²) in [5.74, 6) is -0.387. The van der Waals surface area contributed by atoms with Crippen LogP contribution in [0.5, 0.6) is 0 Å². The van der Waals surface area contributed by atoms with Crippen molar-refractivity contribution < 1.29 is 4.39 Å². The van der Waals surface area contributed by atoms with Crippen LogP contribution in [-0.4, -0.2) is 6.04 Å². The third-order valence-corrected chi connectivity index (χ3v) is 3.71. The lowest BCUT2D eigenvalue weighted by Gasteiger charge is -2.10. The second kappa shape index (κ2) is 5.63. The quantitative estimate of drug-likeness (QED) is 0.901. The van der Waals surface area contributed by atoms with Crippen molar-refractivity contribution >= 4 is 22.9 Å². The Bertz CT molecular complexity index is 484. The zero-order valence-electron chi connectivity index (χ0n) is 9.20. The number of benzene rings is 1. The molecular weight excluding hydrogens is 257 g/mol.